The van der Waals surface area contributed by atoms with E-state index in [0.29, 0.717) is 35.3 Å². The van der Waals surface area contributed by atoms with Gasteiger partial charge in [-0.25, -0.2) is 19.7 Å². The highest BCUT2D eigenvalue weighted by Crippen LogP contribution is 2.38. The lowest BCUT2D eigenvalue weighted by molar-refractivity contribution is 0.251. The van der Waals surface area contributed by atoms with Crippen LogP contribution in [-0.2, 0) is 0 Å². The van der Waals surface area contributed by atoms with Crippen LogP contribution in [0.1, 0.15) is 6.42 Å². The quantitative estimate of drug-likeness (QED) is 0.497. The molecule has 0 spiro atoms. The molecule has 3 aromatic rings. The molecular formula is C19H25N7O3. The van der Waals surface area contributed by atoms with Gasteiger partial charge in [0, 0.05) is 23.7 Å². The Kier molecular flexibility index (Phi) is 6.45. The van der Waals surface area contributed by atoms with Crippen LogP contribution in [0.2, 0.25) is 0 Å². The molecule has 0 aliphatic rings. The van der Waals surface area contributed by atoms with Crippen molar-refractivity contribution < 1.29 is 14.3 Å². The highest BCUT2D eigenvalue weighted by atomic mass is 16.5. The van der Waals surface area contributed by atoms with Gasteiger partial charge >= 0.3 is 6.03 Å². The molecule has 3 aromatic heterocycles. The number of H-pyrrole nitrogens is 1. The smallest absolute Gasteiger partial charge is 0.320 e. The predicted molar refractivity (Wildman–Crippen MR) is 110 cm³/mol. The summed E-state index contributed by atoms with van der Waals surface area (Å²) in [6.45, 7) is 1.50. The molecule has 2 amide bonds. The van der Waals surface area contributed by atoms with E-state index in [1.54, 1.807) is 12.3 Å². The van der Waals surface area contributed by atoms with Crippen LogP contribution in [0.15, 0.2) is 24.7 Å². The van der Waals surface area contributed by atoms with E-state index in [9.17, 15) is 4.79 Å². The summed E-state index contributed by atoms with van der Waals surface area (Å²) in [7, 11) is 7.07. The highest BCUT2D eigenvalue weighted by molar-refractivity contribution is 5.98. The van der Waals surface area contributed by atoms with Crippen molar-refractivity contribution in [3.05, 3.63) is 24.7 Å². The zero-order valence-electron chi connectivity index (χ0n) is 16.9. The predicted octanol–water partition coefficient (Wildman–Crippen LogP) is 2.11. The standard InChI is InChI=1S/C19H25N7O3/c1-26(2)9-5-8-20-19(27)25-14-7-6-12-13(10-21-16(12)24-14)15-17(28-3)22-11-23-18(15)29-4/h6-7,10-11H,5,8-9H2,1-4H3,(H3,20,21,24,25,27). The molecule has 3 N–H and O–H groups in total. The third-order valence-corrected chi connectivity index (χ3v) is 4.28. The summed E-state index contributed by atoms with van der Waals surface area (Å²) in [5.41, 5.74) is 2.03. The zero-order valence-corrected chi connectivity index (χ0v) is 16.9. The molecule has 0 aliphatic carbocycles. The number of aromatic nitrogens is 4. The highest BCUT2D eigenvalue weighted by Gasteiger charge is 2.19. The summed E-state index contributed by atoms with van der Waals surface area (Å²) in [6.07, 6.45) is 4.04. The van der Waals surface area contributed by atoms with Gasteiger partial charge in [-0.05, 0) is 39.2 Å². The van der Waals surface area contributed by atoms with Crippen LogP contribution in [-0.4, -0.2) is 72.3 Å². The van der Waals surface area contributed by atoms with Gasteiger partial charge in [-0.2, -0.15) is 0 Å². The lowest BCUT2D eigenvalue weighted by atomic mass is 10.1. The van der Waals surface area contributed by atoms with Gasteiger partial charge in [0.05, 0.1) is 14.2 Å². The number of hydrogen-bond acceptors (Lipinski definition) is 7. The normalized spacial score (nSPS) is 10.9. The van der Waals surface area contributed by atoms with Crippen molar-refractivity contribution in [2.75, 3.05) is 46.7 Å². The molecule has 154 valence electrons. The molecule has 29 heavy (non-hydrogen) atoms. The SMILES string of the molecule is COc1ncnc(OC)c1-c1c[nH]c2nc(NC(=O)NCCCN(C)C)ccc12. The lowest BCUT2D eigenvalue weighted by Gasteiger charge is -2.11. The Morgan fingerprint density at radius 3 is 2.55 bits per heavy atom. The molecule has 10 nitrogen and oxygen atoms in total. The van der Waals surface area contributed by atoms with Gasteiger partial charge in [0.25, 0.3) is 0 Å². The average Bonchev–Trinajstić information content (AvgIpc) is 3.13. The molecule has 0 fully saturated rings. The minimum absolute atomic E-state index is 0.290. The number of pyridine rings is 1. The first-order valence-electron chi connectivity index (χ1n) is 9.14. The Balaban J connectivity index is 1.78. The summed E-state index contributed by atoms with van der Waals surface area (Å²) in [5.74, 6) is 1.24. The molecule has 0 saturated heterocycles. The van der Waals surface area contributed by atoms with Gasteiger partial charge in [-0.1, -0.05) is 0 Å². The Hall–Kier alpha value is -3.40. The van der Waals surface area contributed by atoms with Crippen molar-refractivity contribution in [3.63, 3.8) is 0 Å². The molecule has 0 unspecified atom stereocenters. The number of nitrogens with zero attached hydrogens (tertiary/aromatic N) is 4. The third kappa shape index (κ3) is 4.72. The summed E-state index contributed by atoms with van der Waals surface area (Å²) in [6, 6.07) is 3.31. The minimum Gasteiger partial charge on any atom is -0.480 e. The van der Waals surface area contributed by atoms with Crippen molar-refractivity contribution in [3.8, 4) is 22.9 Å². The zero-order chi connectivity index (χ0) is 20.8. The first-order valence-corrected chi connectivity index (χ1v) is 9.14. The van der Waals surface area contributed by atoms with E-state index < -0.39 is 0 Å². The first-order chi connectivity index (χ1) is 14.0. The Labute approximate surface area is 168 Å². The van der Waals surface area contributed by atoms with Crippen LogP contribution >= 0.6 is 0 Å². The molecule has 10 heteroatoms. The van der Waals surface area contributed by atoms with E-state index in [1.165, 1.54) is 20.5 Å². The number of methoxy groups -OCH3 is 2. The van der Waals surface area contributed by atoms with Crippen LogP contribution in [0.4, 0.5) is 10.6 Å². The number of amides is 2. The van der Waals surface area contributed by atoms with E-state index in [-0.39, 0.29) is 6.03 Å². The Morgan fingerprint density at radius 1 is 1.17 bits per heavy atom. The van der Waals surface area contributed by atoms with Gasteiger partial charge in [0.2, 0.25) is 11.8 Å². The fraction of sp³-hybridized carbons (Fsp3) is 0.368. The van der Waals surface area contributed by atoms with E-state index >= 15 is 0 Å². The molecule has 0 bridgehead atoms. The fourth-order valence-corrected chi connectivity index (χ4v) is 2.93. The second kappa shape index (κ2) is 9.20. The van der Waals surface area contributed by atoms with Crippen molar-refractivity contribution >= 4 is 22.9 Å². The molecule has 0 aromatic carbocycles. The summed E-state index contributed by atoms with van der Waals surface area (Å²) < 4.78 is 10.7. The number of anilines is 1. The number of nitrogens with one attached hydrogen (secondary N) is 3. The van der Waals surface area contributed by atoms with Gasteiger partial charge in [-0.15, -0.1) is 0 Å². The number of carbonyl (C=O) groups excluding carboxylic acids is 1. The minimum atomic E-state index is -0.290. The van der Waals surface area contributed by atoms with E-state index in [1.807, 2.05) is 20.2 Å². The van der Waals surface area contributed by atoms with Crippen molar-refractivity contribution in [1.29, 1.82) is 0 Å². The maximum Gasteiger partial charge on any atom is 0.320 e. The molecule has 0 saturated carbocycles. The Bertz CT molecular complexity index is 965. The van der Waals surface area contributed by atoms with Gasteiger partial charge < -0.3 is 24.7 Å². The third-order valence-electron chi connectivity index (χ3n) is 4.28. The molecule has 3 rings (SSSR count). The van der Waals surface area contributed by atoms with Crippen LogP contribution < -0.4 is 20.1 Å². The van der Waals surface area contributed by atoms with Crippen LogP contribution in [0.25, 0.3) is 22.2 Å². The van der Waals surface area contributed by atoms with E-state index in [2.05, 4.69) is 35.5 Å². The topological polar surface area (TPSA) is 117 Å². The van der Waals surface area contributed by atoms with Crippen molar-refractivity contribution in [2.24, 2.45) is 0 Å². The number of ether oxygens (including phenoxy) is 2. The van der Waals surface area contributed by atoms with Gasteiger partial charge in [-0.3, -0.25) is 5.32 Å². The van der Waals surface area contributed by atoms with E-state index in [4.69, 9.17) is 9.47 Å². The summed E-state index contributed by atoms with van der Waals surface area (Å²) in [5, 5.41) is 6.39. The number of carbonyl (C=O) groups is 1. The van der Waals surface area contributed by atoms with E-state index in [0.717, 1.165) is 23.9 Å². The maximum absolute atomic E-state index is 12.1. The number of aromatic amines is 1. The van der Waals surface area contributed by atoms with Gasteiger partial charge in [0.15, 0.2) is 0 Å². The molecule has 3 heterocycles. The second-order valence-electron chi connectivity index (χ2n) is 6.60. The monoisotopic (exact) mass is 399 g/mol. The maximum atomic E-state index is 12.1. The molecule has 0 radical (unpaired) electrons. The van der Waals surface area contributed by atoms with Crippen LogP contribution in [0.3, 0.4) is 0 Å². The van der Waals surface area contributed by atoms with Crippen molar-refractivity contribution in [1.82, 2.24) is 30.2 Å². The molecular weight excluding hydrogens is 374 g/mol. The number of urea groups is 1. The number of fused-ring (bicyclic) bond motifs is 1. The molecule has 0 atom stereocenters. The summed E-state index contributed by atoms with van der Waals surface area (Å²) in [4.78, 5) is 30.0. The molecule has 0 aliphatic heterocycles. The first kappa shape index (κ1) is 20.3. The largest absolute Gasteiger partial charge is 0.480 e. The fourth-order valence-electron chi connectivity index (χ4n) is 2.93. The number of rotatable bonds is 8. The van der Waals surface area contributed by atoms with Crippen molar-refractivity contribution in [2.45, 2.75) is 6.42 Å². The van der Waals surface area contributed by atoms with Gasteiger partial charge in [0.1, 0.15) is 23.4 Å². The van der Waals surface area contributed by atoms with Crippen LogP contribution in [0.5, 0.6) is 11.8 Å². The Morgan fingerprint density at radius 2 is 1.90 bits per heavy atom. The average molecular weight is 399 g/mol. The summed E-state index contributed by atoms with van der Waals surface area (Å²) >= 11 is 0. The van der Waals surface area contributed by atoms with Crippen LogP contribution in [0, 0.1) is 0 Å². The lowest BCUT2D eigenvalue weighted by Crippen LogP contribution is -2.31. The second-order valence-corrected chi connectivity index (χ2v) is 6.60. The number of hydrogen-bond donors (Lipinski definition) is 3.